The van der Waals surface area contributed by atoms with Crippen LogP contribution >= 0.6 is 0 Å². The maximum Gasteiger partial charge on any atom is 0.289 e. The second kappa shape index (κ2) is 4.92. The molecule has 1 aliphatic rings. The molecule has 0 radical (unpaired) electrons. The number of nitrogens with one attached hydrogen (secondary N) is 1. The van der Waals surface area contributed by atoms with Crippen LogP contribution in [0.4, 0.5) is 0 Å². The van der Waals surface area contributed by atoms with E-state index in [0.717, 1.165) is 37.3 Å². The highest BCUT2D eigenvalue weighted by Gasteiger charge is 2.25. The molecule has 4 heteroatoms. The second-order valence-electron chi connectivity index (χ2n) is 4.72. The van der Waals surface area contributed by atoms with Crippen LogP contribution in [-0.2, 0) is 0 Å². The van der Waals surface area contributed by atoms with Crippen LogP contribution in [0.3, 0.4) is 0 Å². The quantitative estimate of drug-likeness (QED) is 0.850. The van der Waals surface area contributed by atoms with Gasteiger partial charge >= 0.3 is 0 Å². The van der Waals surface area contributed by atoms with E-state index in [1.807, 2.05) is 31.9 Å². The fraction of sp³-hybridized carbons (Fsp3) is 0.615. The molecule has 0 bridgehead atoms. The lowest BCUT2D eigenvalue weighted by molar-refractivity contribution is 0.0673. The molecule has 2 heterocycles. The molecule has 1 amide bonds. The smallest absolute Gasteiger partial charge is 0.289 e. The van der Waals surface area contributed by atoms with Crippen LogP contribution < -0.4 is 5.32 Å². The van der Waals surface area contributed by atoms with Crippen molar-refractivity contribution in [1.82, 2.24) is 10.2 Å². The van der Waals surface area contributed by atoms with E-state index in [4.69, 9.17) is 4.42 Å². The number of nitrogens with zero attached hydrogens (tertiary/aromatic N) is 1. The summed E-state index contributed by atoms with van der Waals surface area (Å²) >= 11 is 0. The molecule has 94 valence electrons. The molecule has 1 saturated heterocycles. The number of carbonyl (C=O) groups is 1. The van der Waals surface area contributed by atoms with Gasteiger partial charge in [0.2, 0.25) is 0 Å². The maximum atomic E-state index is 12.2. The summed E-state index contributed by atoms with van der Waals surface area (Å²) in [5, 5.41) is 3.26. The Balaban J connectivity index is 2.04. The summed E-state index contributed by atoms with van der Waals surface area (Å²) in [6, 6.07) is 2.45. The number of amides is 1. The summed E-state index contributed by atoms with van der Waals surface area (Å²) in [4.78, 5) is 14.1. The van der Waals surface area contributed by atoms with Crippen LogP contribution in [0.15, 0.2) is 10.5 Å². The summed E-state index contributed by atoms with van der Waals surface area (Å²) < 4.78 is 5.48. The summed E-state index contributed by atoms with van der Waals surface area (Å²) in [5.41, 5.74) is 0.934. The van der Waals surface area contributed by atoms with Gasteiger partial charge in [-0.05, 0) is 39.8 Å². The van der Waals surface area contributed by atoms with E-state index >= 15 is 0 Å². The average Bonchev–Trinajstić information content (AvgIpc) is 2.68. The van der Waals surface area contributed by atoms with Crippen molar-refractivity contribution in [1.29, 1.82) is 0 Å². The number of aryl methyl sites for hydroxylation is 2. The minimum Gasteiger partial charge on any atom is -0.456 e. The Kier molecular flexibility index (Phi) is 3.52. The first kappa shape index (κ1) is 12.2. The molecule has 0 unspecified atom stereocenters. The highest BCUT2D eigenvalue weighted by molar-refractivity contribution is 5.93. The Morgan fingerprint density at radius 3 is 2.53 bits per heavy atom. The highest BCUT2D eigenvalue weighted by atomic mass is 16.4. The Morgan fingerprint density at radius 2 is 2.06 bits per heavy atom. The summed E-state index contributed by atoms with van der Waals surface area (Å²) in [5.74, 6) is 1.34. The first-order valence-electron chi connectivity index (χ1n) is 6.15. The van der Waals surface area contributed by atoms with E-state index in [2.05, 4.69) is 5.32 Å². The third kappa shape index (κ3) is 2.52. The summed E-state index contributed by atoms with van der Waals surface area (Å²) in [6.45, 7) is 5.41. The molecular formula is C13H20N2O2. The minimum absolute atomic E-state index is 0.0325. The molecule has 2 rings (SSSR count). The van der Waals surface area contributed by atoms with Crippen molar-refractivity contribution in [2.24, 2.45) is 0 Å². The van der Waals surface area contributed by atoms with Gasteiger partial charge in [0.1, 0.15) is 5.76 Å². The summed E-state index contributed by atoms with van der Waals surface area (Å²) in [7, 11) is 1.97. The van der Waals surface area contributed by atoms with E-state index in [0.29, 0.717) is 11.8 Å². The van der Waals surface area contributed by atoms with Crippen molar-refractivity contribution >= 4 is 5.91 Å². The van der Waals surface area contributed by atoms with Crippen molar-refractivity contribution in [3.8, 4) is 0 Å². The Morgan fingerprint density at radius 1 is 1.41 bits per heavy atom. The molecule has 1 aromatic rings. The topological polar surface area (TPSA) is 45.5 Å². The third-order valence-corrected chi connectivity index (χ3v) is 3.43. The molecule has 0 aromatic carbocycles. The molecule has 1 fully saturated rings. The van der Waals surface area contributed by atoms with Gasteiger partial charge in [0, 0.05) is 24.7 Å². The standard InChI is InChI=1S/C13H20N2O2/c1-9-8-10(2)17-12(9)13(16)15-6-4-11(14-3)5-7-15/h8,11,14H,4-7H2,1-3H3. The first-order valence-corrected chi connectivity index (χ1v) is 6.15. The van der Waals surface area contributed by atoms with Crippen LogP contribution in [-0.4, -0.2) is 37.0 Å². The zero-order chi connectivity index (χ0) is 12.4. The van der Waals surface area contributed by atoms with E-state index in [9.17, 15) is 4.79 Å². The molecular weight excluding hydrogens is 216 g/mol. The minimum atomic E-state index is 0.0325. The lowest BCUT2D eigenvalue weighted by atomic mass is 10.0. The number of rotatable bonds is 2. The van der Waals surface area contributed by atoms with E-state index in [1.165, 1.54) is 0 Å². The first-order chi connectivity index (χ1) is 8.11. The average molecular weight is 236 g/mol. The van der Waals surface area contributed by atoms with E-state index in [-0.39, 0.29) is 5.91 Å². The fourth-order valence-corrected chi connectivity index (χ4v) is 2.37. The van der Waals surface area contributed by atoms with Crippen LogP contribution in [0.5, 0.6) is 0 Å². The van der Waals surface area contributed by atoms with Gasteiger partial charge in [0.15, 0.2) is 5.76 Å². The van der Waals surface area contributed by atoms with Crippen molar-refractivity contribution in [2.45, 2.75) is 32.7 Å². The molecule has 1 aliphatic heterocycles. The van der Waals surface area contributed by atoms with Gasteiger partial charge < -0.3 is 14.6 Å². The van der Waals surface area contributed by atoms with Crippen molar-refractivity contribution in [2.75, 3.05) is 20.1 Å². The number of hydrogen-bond donors (Lipinski definition) is 1. The zero-order valence-corrected chi connectivity index (χ0v) is 10.7. The number of hydrogen-bond acceptors (Lipinski definition) is 3. The maximum absolute atomic E-state index is 12.2. The Bertz CT molecular complexity index is 404. The number of furan rings is 1. The molecule has 0 saturated carbocycles. The third-order valence-electron chi connectivity index (χ3n) is 3.43. The van der Waals surface area contributed by atoms with Crippen molar-refractivity contribution in [3.63, 3.8) is 0 Å². The second-order valence-corrected chi connectivity index (χ2v) is 4.72. The van der Waals surface area contributed by atoms with E-state index < -0.39 is 0 Å². The SMILES string of the molecule is CNC1CCN(C(=O)c2oc(C)cc2C)CC1. The van der Waals surface area contributed by atoms with Gasteiger partial charge in [-0.2, -0.15) is 0 Å². The number of piperidine rings is 1. The van der Waals surface area contributed by atoms with Crippen LogP contribution in [0.2, 0.25) is 0 Å². The van der Waals surface area contributed by atoms with Gasteiger partial charge in [-0.15, -0.1) is 0 Å². The highest BCUT2D eigenvalue weighted by Crippen LogP contribution is 2.19. The lowest BCUT2D eigenvalue weighted by Crippen LogP contribution is -2.44. The van der Waals surface area contributed by atoms with Crippen molar-refractivity contribution in [3.05, 3.63) is 23.2 Å². The largest absolute Gasteiger partial charge is 0.456 e. The fourth-order valence-electron chi connectivity index (χ4n) is 2.37. The predicted molar refractivity (Wildman–Crippen MR) is 66.2 cm³/mol. The van der Waals surface area contributed by atoms with Gasteiger partial charge in [-0.1, -0.05) is 0 Å². The van der Waals surface area contributed by atoms with E-state index in [1.54, 1.807) is 0 Å². The van der Waals surface area contributed by atoms with Gasteiger partial charge in [0.25, 0.3) is 5.91 Å². The summed E-state index contributed by atoms with van der Waals surface area (Å²) in [6.07, 6.45) is 2.03. The van der Waals surface area contributed by atoms with Gasteiger partial charge in [0.05, 0.1) is 0 Å². The molecule has 1 N–H and O–H groups in total. The van der Waals surface area contributed by atoms with Crippen LogP contribution in [0, 0.1) is 13.8 Å². The molecule has 1 aromatic heterocycles. The lowest BCUT2D eigenvalue weighted by Gasteiger charge is -2.31. The Labute approximate surface area is 102 Å². The zero-order valence-electron chi connectivity index (χ0n) is 10.7. The molecule has 4 nitrogen and oxygen atoms in total. The Hall–Kier alpha value is -1.29. The van der Waals surface area contributed by atoms with Crippen LogP contribution in [0.25, 0.3) is 0 Å². The van der Waals surface area contributed by atoms with Gasteiger partial charge in [-0.3, -0.25) is 4.79 Å². The van der Waals surface area contributed by atoms with Crippen LogP contribution in [0.1, 0.15) is 34.7 Å². The molecule has 0 spiro atoms. The van der Waals surface area contributed by atoms with Crippen molar-refractivity contribution < 1.29 is 9.21 Å². The van der Waals surface area contributed by atoms with Gasteiger partial charge in [-0.25, -0.2) is 0 Å². The monoisotopic (exact) mass is 236 g/mol. The number of carbonyl (C=O) groups excluding carboxylic acids is 1. The molecule has 0 atom stereocenters. The molecule has 0 aliphatic carbocycles. The number of likely N-dealkylation sites (tertiary alicyclic amines) is 1. The normalized spacial score (nSPS) is 17.5. The molecule has 17 heavy (non-hydrogen) atoms. The predicted octanol–water partition coefficient (Wildman–Crippen LogP) is 1.72.